The van der Waals surface area contributed by atoms with E-state index in [0.29, 0.717) is 13.0 Å². The normalized spacial score (nSPS) is 10.4. The van der Waals surface area contributed by atoms with Gasteiger partial charge in [-0.3, -0.25) is 4.79 Å². The summed E-state index contributed by atoms with van der Waals surface area (Å²) >= 11 is 0. The Kier molecular flexibility index (Phi) is 13.2. The highest BCUT2D eigenvalue weighted by Gasteiger charge is 2.01. The second kappa shape index (κ2) is 13.6. The lowest BCUT2D eigenvalue weighted by Crippen LogP contribution is -2.05. The SMILES string of the molecule is [B]CCCCCCC(=O)OCCCCCCC. The molecule has 98 valence electrons. The predicted octanol–water partition coefficient (Wildman–Crippen LogP) is 4.04. The summed E-state index contributed by atoms with van der Waals surface area (Å²) in [5.74, 6) is -0.0340. The van der Waals surface area contributed by atoms with Crippen LogP contribution in [0.1, 0.15) is 71.1 Å². The average Bonchev–Trinajstić information content (AvgIpc) is 2.33. The Hall–Kier alpha value is -0.465. The van der Waals surface area contributed by atoms with Crippen molar-refractivity contribution in [3.8, 4) is 0 Å². The predicted molar refractivity (Wildman–Crippen MR) is 73.4 cm³/mol. The number of carbonyl (C=O) groups is 1. The topological polar surface area (TPSA) is 26.3 Å². The molecule has 0 fully saturated rings. The van der Waals surface area contributed by atoms with E-state index in [4.69, 9.17) is 12.6 Å². The van der Waals surface area contributed by atoms with Crippen LogP contribution in [0.4, 0.5) is 0 Å². The van der Waals surface area contributed by atoms with Gasteiger partial charge in [0, 0.05) is 6.42 Å². The minimum atomic E-state index is -0.0340. The molecule has 0 aliphatic heterocycles. The van der Waals surface area contributed by atoms with E-state index in [9.17, 15) is 4.79 Å². The molecule has 0 aromatic carbocycles. The molecule has 2 radical (unpaired) electrons. The number of ether oxygens (including phenoxy) is 1. The van der Waals surface area contributed by atoms with Gasteiger partial charge in [0.1, 0.15) is 0 Å². The van der Waals surface area contributed by atoms with E-state index in [2.05, 4.69) is 6.92 Å². The first kappa shape index (κ1) is 16.5. The van der Waals surface area contributed by atoms with Gasteiger partial charge in [-0.05, 0) is 12.8 Å². The molecule has 0 aromatic rings. The van der Waals surface area contributed by atoms with Crippen LogP contribution in [0, 0.1) is 0 Å². The van der Waals surface area contributed by atoms with Crippen molar-refractivity contribution in [1.29, 1.82) is 0 Å². The highest BCUT2D eigenvalue weighted by molar-refractivity contribution is 6.08. The number of hydrogen-bond acceptors (Lipinski definition) is 2. The van der Waals surface area contributed by atoms with Crippen molar-refractivity contribution in [2.45, 2.75) is 77.5 Å². The maximum atomic E-state index is 11.3. The van der Waals surface area contributed by atoms with Gasteiger partial charge < -0.3 is 4.74 Å². The highest BCUT2D eigenvalue weighted by atomic mass is 16.5. The second-order valence-electron chi connectivity index (χ2n) is 4.59. The Morgan fingerprint density at radius 1 is 0.941 bits per heavy atom. The summed E-state index contributed by atoms with van der Waals surface area (Å²) in [6.07, 6.45) is 11.5. The molecular weight excluding hydrogens is 211 g/mol. The lowest BCUT2D eigenvalue weighted by Gasteiger charge is -2.04. The summed E-state index contributed by atoms with van der Waals surface area (Å²) in [7, 11) is 5.39. The van der Waals surface area contributed by atoms with Gasteiger partial charge in [0.15, 0.2) is 0 Å². The number of carbonyl (C=O) groups excluding carboxylic acids is 1. The Morgan fingerprint density at radius 3 is 2.29 bits per heavy atom. The van der Waals surface area contributed by atoms with Crippen molar-refractivity contribution in [3.05, 3.63) is 0 Å². The van der Waals surface area contributed by atoms with Crippen LogP contribution in [0.5, 0.6) is 0 Å². The van der Waals surface area contributed by atoms with Crippen LogP contribution in [0.3, 0.4) is 0 Å². The van der Waals surface area contributed by atoms with Crippen molar-refractivity contribution < 1.29 is 9.53 Å². The Labute approximate surface area is 108 Å². The Bertz CT molecular complexity index is 172. The van der Waals surface area contributed by atoms with Crippen molar-refractivity contribution in [2.24, 2.45) is 0 Å². The molecule has 3 heteroatoms. The summed E-state index contributed by atoms with van der Waals surface area (Å²) in [6.45, 7) is 2.80. The van der Waals surface area contributed by atoms with E-state index in [0.717, 1.165) is 38.4 Å². The number of esters is 1. The maximum absolute atomic E-state index is 11.3. The maximum Gasteiger partial charge on any atom is 0.305 e. The molecule has 0 bridgehead atoms. The molecule has 0 rings (SSSR count). The van der Waals surface area contributed by atoms with Gasteiger partial charge >= 0.3 is 5.97 Å². The van der Waals surface area contributed by atoms with Gasteiger partial charge in [-0.15, -0.1) is 0 Å². The molecule has 0 aromatic heterocycles. The van der Waals surface area contributed by atoms with Crippen LogP contribution in [0.15, 0.2) is 0 Å². The fourth-order valence-electron chi connectivity index (χ4n) is 1.73. The van der Waals surface area contributed by atoms with Crippen molar-refractivity contribution in [1.82, 2.24) is 0 Å². The molecule has 0 spiro atoms. The van der Waals surface area contributed by atoms with Crippen LogP contribution >= 0.6 is 0 Å². The first-order valence-electron chi connectivity index (χ1n) is 7.17. The molecule has 0 aliphatic carbocycles. The largest absolute Gasteiger partial charge is 0.466 e. The van der Waals surface area contributed by atoms with E-state index in [1.807, 2.05) is 0 Å². The van der Waals surface area contributed by atoms with E-state index >= 15 is 0 Å². The third kappa shape index (κ3) is 13.5. The summed E-state index contributed by atoms with van der Waals surface area (Å²) in [6, 6.07) is 0. The lowest BCUT2D eigenvalue weighted by molar-refractivity contribution is -0.143. The molecular formula is C14H27BO2. The van der Waals surface area contributed by atoms with Gasteiger partial charge in [-0.25, -0.2) is 0 Å². The molecule has 0 aliphatic rings. The standard InChI is InChI=1S/C14H27BO2/c1-2-3-4-7-10-13-17-14(16)11-8-5-6-9-12-15/h2-13H2,1H3. The molecule has 2 nitrogen and oxygen atoms in total. The number of hydrogen-bond donors (Lipinski definition) is 0. The van der Waals surface area contributed by atoms with Gasteiger partial charge in [-0.2, -0.15) is 0 Å². The first-order valence-corrected chi connectivity index (χ1v) is 7.17. The van der Waals surface area contributed by atoms with Gasteiger partial charge in [0.25, 0.3) is 0 Å². The van der Waals surface area contributed by atoms with E-state index in [1.165, 1.54) is 25.7 Å². The van der Waals surface area contributed by atoms with Crippen molar-refractivity contribution in [2.75, 3.05) is 6.61 Å². The van der Waals surface area contributed by atoms with Crippen LogP contribution in [-0.2, 0) is 9.53 Å². The summed E-state index contributed by atoms with van der Waals surface area (Å²) < 4.78 is 5.17. The minimum absolute atomic E-state index is 0.0340. The fourth-order valence-corrected chi connectivity index (χ4v) is 1.73. The second-order valence-corrected chi connectivity index (χ2v) is 4.59. The fraction of sp³-hybridized carbons (Fsp3) is 0.929. The lowest BCUT2D eigenvalue weighted by atomic mass is 9.99. The number of unbranched alkanes of at least 4 members (excludes halogenated alkanes) is 7. The zero-order chi connectivity index (χ0) is 12.8. The zero-order valence-corrected chi connectivity index (χ0v) is 11.4. The smallest absolute Gasteiger partial charge is 0.305 e. The molecule has 17 heavy (non-hydrogen) atoms. The molecule has 0 saturated carbocycles. The molecule has 0 amide bonds. The molecule has 0 unspecified atom stereocenters. The van der Waals surface area contributed by atoms with Crippen molar-refractivity contribution in [3.63, 3.8) is 0 Å². The molecule has 0 saturated heterocycles. The zero-order valence-electron chi connectivity index (χ0n) is 11.4. The molecule has 0 atom stereocenters. The summed E-state index contributed by atoms with van der Waals surface area (Å²) in [5, 5.41) is 0. The average molecular weight is 238 g/mol. The van der Waals surface area contributed by atoms with E-state index in [1.54, 1.807) is 0 Å². The Morgan fingerprint density at radius 2 is 1.59 bits per heavy atom. The quantitative estimate of drug-likeness (QED) is 0.291. The van der Waals surface area contributed by atoms with Crippen LogP contribution in [0.25, 0.3) is 0 Å². The van der Waals surface area contributed by atoms with Gasteiger partial charge in [0.2, 0.25) is 0 Å². The van der Waals surface area contributed by atoms with Gasteiger partial charge in [0.05, 0.1) is 14.5 Å². The van der Waals surface area contributed by atoms with Crippen LogP contribution < -0.4 is 0 Å². The minimum Gasteiger partial charge on any atom is -0.466 e. The molecule has 0 heterocycles. The Balaban J connectivity index is 3.12. The van der Waals surface area contributed by atoms with E-state index in [-0.39, 0.29) is 5.97 Å². The third-order valence-corrected chi connectivity index (χ3v) is 2.85. The van der Waals surface area contributed by atoms with Crippen LogP contribution in [0.2, 0.25) is 6.32 Å². The summed E-state index contributed by atoms with van der Waals surface area (Å²) in [4.78, 5) is 11.3. The van der Waals surface area contributed by atoms with Crippen molar-refractivity contribution >= 4 is 13.8 Å². The van der Waals surface area contributed by atoms with Crippen LogP contribution in [-0.4, -0.2) is 20.4 Å². The van der Waals surface area contributed by atoms with E-state index < -0.39 is 0 Å². The molecule has 0 N–H and O–H groups in total. The number of rotatable bonds is 12. The third-order valence-electron chi connectivity index (χ3n) is 2.85. The monoisotopic (exact) mass is 238 g/mol. The highest BCUT2D eigenvalue weighted by Crippen LogP contribution is 2.06. The summed E-state index contributed by atoms with van der Waals surface area (Å²) in [5.41, 5.74) is 0. The van der Waals surface area contributed by atoms with Gasteiger partial charge in [-0.1, -0.05) is 58.2 Å². The first-order chi connectivity index (χ1) is 8.31.